The Labute approximate surface area is 91.3 Å². The lowest BCUT2D eigenvalue weighted by molar-refractivity contribution is 0.415. The largest absolute Gasteiger partial charge is 0.497 e. The van der Waals surface area contributed by atoms with Gasteiger partial charge in [0.15, 0.2) is 0 Å². The first-order chi connectivity index (χ1) is 7.78. The Morgan fingerprint density at radius 2 is 2.31 bits per heavy atom. The van der Waals surface area contributed by atoms with E-state index in [1.165, 1.54) is 0 Å². The number of H-pyrrole nitrogens is 1. The monoisotopic (exact) mass is 218 g/mol. The maximum absolute atomic E-state index is 11.0. The third-order valence-electron chi connectivity index (χ3n) is 1.91. The molecule has 1 heterocycles. The average Bonchev–Trinajstić information content (AvgIpc) is 2.29. The second-order valence-electron chi connectivity index (χ2n) is 3.04. The summed E-state index contributed by atoms with van der Waals surface area (Å²) in [6.45, 7) is 0. The number of anilines is 2. The van der Waals surface area contributed by atoms with Crippen molar-refractivity contribution in [3.63, 3.8) is 0 Å². The summed E-state index contributed by atoms with van der Waals surface area (Å²) in [4.78, 5) is 13.5. The van der Waals surface area contributed by atoms with Gasteiger partial charge in [-0.25, -0.2) is 0 Å². The second kappa shape index (κ2) is 4.43. The van der Waals surface area contributed by atoms with Crippen molar-refractivity contribution in [2.45, 2.75) is 0 Å². The lowest BCUT2D eigenvalue weighted by Crippen LogP contribution is -2.10. The third kappa shape index (κ3) is 2.35. The molecule has 0 unspecified atom stereocenters. The summed E-state index contributed by atoms with van der Waals surface area (Å²) < 4.78 is 5.07. The smallest absolute Gasteiger partial charge is 0.271 e. The van der Waals surface area contributed by atoms with Gasteiger partial charge in [0.05, 0.1) is 7.11 Å². The summed E-state index contributed by atoms with van der Waals surface area (Å²) in [6, 6.07) is 7.27. The van der Waals surface area contributed by atoms with Crippen LogP contribution in [0.15, 0.2) is 35.3 Å². The number of nitrogens with zero attached hydrogens (tertiary/aromatic N) is 2. The molecule has 0 fully saturated rings. The Balaban J connectivity index is 2.23. The van der Waals surface area contributed by atoms with Crippen LogP contribution < -0.4 is 15.6 Å². The van der Waals surface area contributed by atoms with Crippen molar-refractivity contribution in [3.05, 3.63) is 40.8 Å². The molecule has 0 aliphatic carbocycles. The number of methoxy groups -OCH3 is 1. The maximum Gasteiger partial charge on any atom is 0.271 e. The standard InChI is InChI=1S/C10H10N4O2/c1-16-8-4-2-3-7(5-8)12-10-13-9(15)6-11-14-10/h2-6H,1H3,(H2,12,13,14,15). The molecule has 6 nitrogen and oxygen atoms in total. The minimum atomic E-state index is -0.305. The molecular formula is C10H10N4O2. The minimum absolute atomic E-state index is 0.292. The molecule has 2 aromatic rings. The molecule has 0 amide bonds. The highest BCUT2D eigenvalue weighted by Crippen LogP contribution is 2.18. The first-order valence-corrected chi connectivity index (χ1v) is 4.61. The molecular weight excluding hydrogens is 208 g/mol. The van der Waals surface area contributed by atoms with Crippen molar-refractivity contribution in [1.82, 2.24) is 15.2 Å². The Morgan fingerprint density at radius 3 is 3.06 bits per heavy atom. The van der Waals surface area contributed by atoms with Gasteiger partial charge in [0, 0.05) is 11.8 Å². The summed E-state index contributed by atoms with van der Waals surface area (Å²) in [6.07, 6.45) is 1.11. The van der Waals surface area contributed by atoms with Crippen LogP contribution in [0.25, 0.3) is 0 Å². The van der Waals surface area contributed by atoms with E-state index in [-0.39, 0.29) is 5.56 Å². The first-order valence-electron chi connectivity index (χ1n) is 4.61. The normalized spacial score (nSPS) is 9.81. The van der Waals surface area contributed by atoms with Crippen LogP contribution in [0.2, 0.25) is 0 Å². The fraction of sp³-hybridized carbons (Fsp3) is 0.100. The van der Waals surface area contributed by atoms with Crippen molar-refractivity contribution in [2.75, 3.05) is 12.4 Å². The van der Waals surface area contributed by atoms with E-state index >= 15 is 0 Å². The quantitative estimate of drug-likeness (QED) is 0.800. The Bertz CT molecular complexity index is 538. The van der Waals surface area contributed by atoms with Gasteiger partial charge in [-0.3, -0.25) is 9.78 Å². The number of ether oxygens (including phenoxy) is 1. The van der Waals surface area contributed by atoms with Crippen LogP contribution in [0, 0.1) is 0 Å². The van der Waals surface area contributed by atoms with Crippen LogP contribution in [0.5, 0.6) is 5.75 Å². The predicted octanol–water partition coefficient (Wildman–Crippen LogP) is 0.917. The Morgan fingerprint density at radius 1 is 1.44 bits per heavy atom. The summed E-state index contributed by atoms with van der Waals surface area (Å²) in [7, 11) is 1.59. The van der Waals surface area contributed by atoms with Crippen molar-refractivity contribution in [1.29, 1.82) is 0 Å². The van der Waals surface area contributed by atoms with E-state index in [0.717, 1.165) is 17.6 Å². The zero-order valence-corrected chi connectivity index (χ0v) is 8.60. The molecule has 82 valence electrons. The maximum atomic E-state index is 11.0. The number of aromatic amines is 1. The molecule has 1 aromatic heterocycles. The Hall–Kier alpha value is -2.37. The zero-order valence-electron chi connectivity index (χ0n) is 8.60. The van der Waals surface area contributed by atoms with Crippen LogP contribution in [-0.4, -0.2) is 22.3 Å². The van der Waals surface area contributed by atoms with Gasteiger partial charge in [-0.05, 0) is 12.1 Å². The van der Waals surface area contributed by atoms with Crippen LogP contribution in [0.1, 0.15) is 0 Å². The number of nitrogens with one attached hydrogen (secondary N) is 2. The summed E-state index contributed by atoms with van der Waals surface area (Å²) >= 11 is 0. The molecule has 0 bridgehead atoms. The fourth-order valence-electron chi connectivity index (χ4n) is 1.21. The van der Waals surface area contributed by atoms with Crippen LogP contribution >= 0.6 is 0 Å². The summed E-state index contributed by atoms with van der Waals surface area (Å²) in [5.74, 6) is 1.01. The van der Waals surface area contributed by atoms with Crippen LogP contribution in [-0.2, 0) is 0 Å². The number of aromatic nitrogens is 3. The first kappa shape index (κ1) is 10.2. The second-order valence-corrected chi connectivity index (χ2v) is 3.04. The predicted molar refractivity (Wildman–Crippen MR) is 58.9 cm³/mol. The van der Waals surface area contributed by atoms with Crippen molar-refractivity contribution in [3.8, 4) is 5.75 Å². The van der Waals surface area contributed by atoms with Gasteiger partial charge >= 0.3 is 0 Å². The highest BCUT2D eigenvalue weighted by molar-refractivity contribution is 5.55. The molecule has 0 aliphatic rings. The minimum Gasteiger partial charge on any atom is -0.497 e. The highest BCUT2D eigenvalue weighted by Gasteiger charge is 1.98. The SMILES string of the molecule is COc1cccc(Nc2nncc(=O)[nH]2)c1. The van der Waals surface area contributed by atoms with Crippen molar-refractivity contribution in [2.24, 2.45) is 0 Å². The van der Waals surface area contributed by atoms with Gasteiger partial charge in [-0.2, -0.15) is 0 Å². The lowest BCUT2D eigenvalue weighted by Gasteiger charge is -2.05. The zero-order chi connectivity index (χ0) is 11.4. The van der Waals surface area contributed by atoms with Gasteiger partial charge < -0.3 is 10.1 Å². The van der Waals surface area contributed by atoms with E-state index in [2.05, 4.69) is 20.5 Å². The molecule has 0 aliphatic heterocycles. The average molecular weight is 218 g/mol. The summed E-state index contributed by atoms with van der Waals surface area (Å²) in [5, 5.41) is 10.2. The number of rotatable bonds is 3. The lowest BCUT2D eigenvalue weighted by atomic mass is 10.3. The molecule has 1 aromatic carbocycles. The molecule has 0 radical (unpaired) electrons. The molecule has 16 heavy (non-hydrogen) atoms. The fourth-order valence-corrected chi connectivity index (χ4v) is 1.21. The molecule has 0 atom stereocenters. The van der Waals surface area contributed by atoms with Gasteiger partial charge in [-0.15, -0.1) is 10.2 Å². The number of hydrogen-bond donors (Lipinski definition) is 2. The van der Waals surface area contributed by atoms with E-state index in [0.29, 0.717) is 5.95 Å². The topological polar surface area (TPSA) is 79.9 Å². The van der Waals surface area contributed by atoms with E-state index in [9.17, 15) is 4.79 Å². The van der Waals surface area contributed by atoms with Crippen LogP contribution in [0.3, 0.4) is 0 Å². The molecule has 2 rings (SSSR count). The highest BCUT2D eigenvalue weighted by atomic mass is 16.5. The Kier molecular flexibility index (Phi) is 2.81. The van der Waals surface area contributed by atoms with E-state index < -0.39 is 0 Å². The van der Waals surface area contributed by atoms with E-state index in [1.54, 1.807) is 13.2 Å². The summed E-state index contributed by atoms with van der Waals surface area (Å²) in [5.41, 5.74) is 0.455. The number of benzene rings is 1. The van der Waals surface area contributed by atoms with E-state index in [4.69, 9.17) is 4.74 Å². The molecule has 0 saturated heterocycles. The molecule has 6 heteroatoms. The van der Waals surface area contributed by atoms with Gasteiger partial charge in [0.2, 0.25) is 5.95 Å². The van der Waals surface area contributed by atoms with E-state index in [1.807, 2.05) is 18.2 Å². The van der Waals surface area contributed by atoms with Gasteiger partial charge in [-0.1, -0.05) is 6.07 Å². The van der Waals surface area contributed by atoms with Gasteiger partial charge in [0.25, 0.3) is 5.56 Å². The molecule has 0 spiro atoms. The molecule has 0 saturated carbocycles. The van der Waals surface area contributed by atoms with Crippen molar-refractivity contribution >= 4 is 11.6 Å². The molecule has 2 N–H and O–H groups in total. The van der Waals surface area contributed by atoms with Gasteiger partial charge in [0.1, 0.15) is 11.9 Å². The number of hydrogen-bond acceptors (Lipinski definition) is 5. The third-order valence-corrected chi connectivity index (χ3v) is 1.91. The van der Waals surface area contributed by atoms with Crippen LogP contribution in [0.4, 0.5) is 11.6 Å². The van der Waals surface area contributed by atoms with Crippen molar-refractivity contribution < 1.29 is 4.74 Å².